The molecule has 152 valence electrons. The van der Waals surface area contributed by atoms with Crippen molar-refractivity contribution in [3.63, 3.8) is 0 Å². The topological polar surface area (TPSA) is 86.9 Å². The summed E-state index contributed by atoms with van der Waals surface area (Å²) in [5.74, 6) is -0.429. The molecule has 4 rings (SSSR count). The Bertz CT molecular complexity index is 543. The Morgan fingerprint density at radius 1 is 0.815 bits per heavy atom. The molecule has 4 fully saturated rings. The highest BCUT2D eigenvalue weighted by Crippen LogP contribution is 2.50. The van der Waals surface area contributed by atoms with Crippen LogP contribution in [0.3, 0.4) is 0 Å². The molecule has 0 aromatic heterocycles. The van der Waals surface area contributed by atoms with Gasteiger partial charge in [-0.1, -0.05) is 0 Å². The fourth-order valence-electron chi connectivity index (χ4n) is 4.46. The third-order valence-electron chi connectivity index (χ3n) is 6.66. The summed E-state index contributed by atoms with van der Waals surface area (Å²) in [6, 6.07) is 0. The highest BCUT2D eigenvalue weighted by molar-refractivity contribution is 5.73. The lowest BCUT2D eigenvalue weighted by Crippen LogP contribution is -2.29. The van der Waals surface area contributed by atoms with E-state index in [2.05, 4.69) is 13.8 Å². The molecule has 7 nitrogen and oxygen atoms in total. The van der Waals surface area contributed by atoms with Crippen LogP contribution < -0.4 is 0 Å². The van der Waals surface area contributed by atoms with Crippen LogP contribution in [0, 0.1) is 11.8 Å². The van der Waals surface area contributed by atoms with E-state index in [0.717, 1.165) is 38.5 Å². The maximum atomic E-state index is 12.1. The van der Waals surface area contributed by atoms with Gasteiger partial charge in [-0.15, -0.1) is 0 Å². The van der Waals surface area contributed by atoms with E-state index in [-0.39, 0.29) is 60.4 Å². The molecule has 0 amide bonds. The Labute approximate surface area is 160 Å². The molecule has 0 radical (unpaired) electrons. The summed E-state index contributed by atoms with van der Waals surface area (Å²) in [4.78, 5) is 24.1. The molecule has 2 saturated heterocycles. The van der Waals surface area contributed by atoms with Crippen molar-refractivity contribution in [1.82, 2.24) is 0 Å². The van der Waals surface area contributed by atoms with E-state index in [4.69, 9.17) is 23.7 Å². The van der Waals surface area contributed by atoms with Crippen LogP contribution in [0.15, 0.2) is 0 Å². The fourth-order valence-corrected chi connectivity index (χ4v) is 4.46. The normalized spacial score (nSPS) is 41.9. The number of carbonyl (C=O) groups excluding carboxylic acids is 2. The Morgan fingerprint density at radius 2 is 1.26 bits per heavy atom. The van der Waals surface area contributed by atoms with E-state index in [1.807, 2.05) is 0 Å². The first-order valence-corrected chi connectivity index (χ1v) is 10.2. The van der Waals surface area contributed by atoms with Crippen LogP contribution in [-0.4, -0.2) is 61.8 Å². The van der Waals surface area contributed by atoms with Gasteiger partial charge in [0.1, 0.15) is 13.2 Å². The molecule has 2 aliphatic carbocycles. The predicted octanol–water partition coefficient (Wildman–Crippen LogP) is 2.00. The number of epoxide rings is 2. The van der Waals surface area contributed by atoms with Crippen molar-refractivity contribution in [2.24, 2.45) is 11.8 Å². The zero-order chi connectivity index (χ0) is 19.1. The standard InChI is InChI=1S/C20H30O7/c1-19-5-3-13(11-15(19)26-19)17(21)24-9-7-23-8-10-25-18(22)14-4-6-20(2)16(12-14)27-20/h13-16H,3-12H2,1-2H3. The first-order chi connectivity index (χ1) is 12.9. The van der Waals surface area contributed by atoms with Gasteiger partial charge in [0.25, 0.3) is 0 Å². The number of hydrogen-bond donors (Lipinski definition) is 0. The van der Waals surface area contributed by atoms with Crippen molar-refractivity contribution in [2.75, 3.05) is 26.4 Å². The van der Waals surface area contributed by atoms with Crippen LogP contribution in [0.5, 0.6) is 0 Å². The smallest absolute Gasteiger partial charge is 0.309 e. The summed E-state index contributed by atoms with van der Waals surface area (Å²) in [5.41, 5.74) is 0.0284. The molecular weight excluding hydrogens is 352 g/mol. The van der Waals surface area contributed by atoms with Crippen molar-refractivity contribution in [3.05, 3.63) is 0 Å². The molecule has 6 unspecified atom stereocenters. The van der Waals surface area contributed by atoms with Crippen molar-refractivity contribution < 1.29 is 33.3 Å². The van der Waals surface area contributed by atoms with Crippen LogP contribution in [0.25, 0.3) is 0 Å². The number of carbonyl (C=O) groups is 2. The molecule has 7 heteroatoms. The summed E-state index contributed by atoms with van der Waals surface area (Å²) in [7, 11) is 0. The molecule has 0 bridgehead atoms. The quantitative estimate of drug-likeness (QED) is 0.360. The minimum absolute atomic E-state index is 0.0142. The third kappa shape index (κ3) is 4.30. The van der Waals surface area contributed by atoms with Crippen LogP contribution in [0.2, 0.25) is 0 Å². The first-order valence-electron chi connectivity index (χ1n) is 10.2. The molecule has 2 aliphatic heterocycles. The maximum absolute atomic E-state index is 12.1. The average molecular weight is 382 g/mol. The van der Waals surface area contributed by atoms with Gasteiger partial charge in [0.2, 0.25) is 0 Å². The second-order valence-corrected chi connectivity index (χ2v) is 8.73. The SMILES string of the molecule is CC12CCC(C(=O)OCCOCCOC(=O)C3CCC4(C)OC4C3)CC1O2. The van der Waals surface area contributed by atoms with Crippen molar-refractivity contribution in [3.8, 4) is 0 Å². The Kier molecular flexibility index (Phi) is 5.20. The number of hydrogen-bond acceptors (Lipinski definition) is 7. The van der Waals surface area contributed by atoms with Crippen molar-refractivity contribution in [2.45, 2.75) is 75.8 Å². The van der Waals surface area contributed by atoms with Crippen LogP contribution >= 0.6 is 0 Å². The highest BCUT2D eigenvalue weighted by atomic mass is 16.6. The van der Waals surface area contributed by atoms with Gasteiger partial charge >= 0.3 is 11.9 Å². The van der Waals surface area contributed by atoms with E-state index >= 15 is 0 Å². The van der Waals surface area contributed by atoms with E-state index in [0.29, 0.717) is 13.2 Å². The minimum Gasteiger partial charge on any atom is -0.463 e. The minimum atomic E-state index is -0.158. The molecule has 0 N–H and O–H groups in total. The number of ether oxygens (including phenoxy) is 5. The van der Waals surface area contributed by atoms with Crippen LogP contribution in [0.1, 0.15) is 52.4 Å². The average Bonchev–Trinajstić information content (AvgIpc) is 3.51. The Hall–Kier alpha value is -1.18. The second-order valence-electron chi connectivity index (χ2n) is 8.73. The fraction of sp³-hybridized carbons (Fsp3) is 0.900. The van der Waals surface area contributed by atoms with Gasteiger partial charge in [0.05, 0.1) is 48.5 Å². The van der Waals surface area contributed by atoms with Gasteiger partial charge in [-0.3, -0.25) is 9.59 Å². The van der Waals surface area contributed by atoms with Gasteiger partial charge in [0.15, 0.2) is 0 Å². The lowest BCUT2D eigenvalue weighted by atomic mass is 9.83. The summed E-state index contributed by atoms with van der Waals surface area (Å²) in [6.07, 6.45) is 5.47. The molecule has 0 spiro atoms. The molecule has 6 atom stereocenters. The number of esters is 2. The lowest BCUT2D eigenvalue weighted by molar-refractivity contribution is -0.152. The highest BCUT2D eigenvalue weighted by Gasteiger charge is 2.57. The van der Waals surface area contributed by atoms with Gasteiger partial charge < -0.3 is 23.7 Å². The zero-order valence-electron chi connectivity index (χ0n) is 16.2. The Balaban J connectivity index is 1.01. The van der Waals surface area contributed by atoms with Crippen LogP contribution in [0.4, 0.5) is 0 Å². The molecular formula is C20H30O7. The summed E-state index contributed by atoms with van der Waals surface area (Å²) >= 11 is 0. The molecule has 4 aliphatic rings. The second kappa shape index (κ2) is 7.33. The van der Waals surface area contributed by atoms with Crippen LogP contribution in [-0.2, 0) is 33.3 Å². The van der Waals surface area contributed by atoms with E-state index < -0.39 is 0 Å². The third-order valence-corrected chi connectivity index (χ3v) is 6.66. The first kappa shape index (κ1) is 19.2. The molecule has 0 aromatic rings. The zero-order valence-corrected chi connectivity index (χ0v) is 16.2. The Morgan fingerprint density at radius 3 is 1.67 bits per heavy atom. The molecule has 2 heterocycles. The van der Waals surface area contributed by atoms with Crippen molar-refractivity contribution >= 4 is 11.9 Å². The van der Waals surface area contributed by atoms with Gasteiger partial charge in [-0.2, -0.15) is 0 Å². The van der Waals surface area contributed by atoms with E-state index in [9.17, 15) is 9.59 Å². The summed E-state index contributed by atoms with van der Waals surface area (Å²) < 4.78 is 27.2. The number of fused-ring (bicyclic) bond motifs is 2. The number of rotatable bonds is 8. The van der Waals surface area contributed by atoms with Gasteiger partial charge in [-0.25, -0.2) is 0 Å². The van der Waals surface area contributed by atoms with E-state index in [1.54, 1.807) is 0 Å². The maximum Gasteiger partial charge on any atom is 0.309 e. The molecule has 2 saturated carbocycles. The van der Waals surface area contributed by atoms with Crippen molar-refractivity contribution in [1.29, 1.82) is 0 Å². The predicted molar refractivity (Wildman–Crippen MR) is 94.0 cm³/mol. The monoisotopic (exact) mass is 382 g/mol. The molecule has 27 heavy (non-hydrogen) atoms. The summed E-state index contributed by atoms with van der Waals surface area (Å²) in [5, 5.41) is 0. The summed E-state index contributed by atoms with van der Waals surface area (Å²) in [6.45, 7) is 5.28. The lowest BCUT2D eigenvalue weighted by Gasteiger charge is -2.21. The van der Waals surface area contributed by atoms with E-state index in [1.165, 1.54) is 0 Å². The molecule has 0 aromatic carbocycles. The largest absolute Gasteiger partial charge is 0.463 e. The van der Waals surface area contributed by atoms with Gasteiger partial charge in [0, 0.05) is 0 Å². The van der Waals surface area contributed by atoms with Gasteiger partial charge in [-0.05, 0) is 52.4 Å².